The summed E-state index contributed by atoms with van der Waals surface area (Å²) in [6.45, 7) is 0. The minimum Gasteiger partial charge on any atom is -0.495 e. The molecule has 1 fully saturated rings. The third kappa shape index (κ3) is 4.92. The Morgan fingerprint density at radius 1 is 1.18 bits per heavy atom. The van der Waals surface area contributed by atoms with Gasteiger partial charge in [-0.05, 0) is 37.5 Å². The van der Waals surface area contributed by atoms with E-state index in [1.807, 2.05) is 65.9 Å². The van der Waals surface area contributed by atoms with Gasteiger partial charge in [0.05, 0.1) is 18.7 Å². The summed E-state index contributed by atoms with van der Waals surface area (Å²) in [4.78, 5) is 23.4. The zero-order valence-corrected chi connectivity index (χ0v) is 18.4. The van der Waals surface area contributed by atoms with Crippen molar-refractivity contribution < 1.29 is 9.53 Å². The number of nitrogens with zero attached hydrogens (tertiary/aromatic N) is 3. The van der Waals surface area contributed by atoms with Gasteiger partial charge < -0.3 is 26.0 Å². The zero-order chi connectivity index (χ0) is 22.6. The Morgan fingerprint density at radius 2 is 2.09 bits per heavy atom. The summed E-state index contributed by atoms with van der Waals surface area (Å²) in [7, 11) is 1.62. The normalized spacial score (nSPS) is 20.9. The van der Waals surface area contributed by atoms with Gasteiger partial charge in [0.25, 0.3) is 0 Å². The van der Waals surface area contributed by atoms with Crippen LogP contribution < -0.4 is 30.9 Å². The van der Waals surface area contributed by atoms with E-state index in [0.29, 0.717) is 23.9 Å². The lowest BCUT2D eigenvalue weighted by atomic mass is 10.00. The SMILES string of the molecule is COc1ccc(NC(=O)C2C=CC=CC2)cc1NC1NC=CN1c1cc(NC2CC2)ncn1. The summed E-state index contributed by atoms with van der Waals surface area (Å²) in [6, 6.07) is 7.99. The summed E-state index contributed by atoms with van der Waals surface area (Å²) < 4.78 is 5.54. The Hall–Kier alpha value is -4.01. The molecule has 2 aromatic rings. The third-order valence-corrected chi connectivity index (χ3v) is 5.69. The number of allylic oxidation sites excluding steroid dienone is 3. The number of benzene rings is 1. The molecule has 2 heterocycles. The molecule has 4 N–H and O–H groups in total. The number of aromatic nitrogens is 2. The van der Waals surface area contributed by atoms with Gasteiger partial charge in [-0.2, -0.15) is 0 Å². The van der Waals surface area contributed by atoms with E-state index < -0.39 is 0 Å². The van der Waals surface area contributed by atoms with Crippen molar-refractivity contribution in [3.05, 3.63) is 67.3 Å². The molecule has 0 bridgehead atoms. The maximum absolute atomic E-state index is 12.6. The van der Waals surface area contributed by atoms with E-state index in [2.05, 4.69) is 31.2 Å². The summed E-state index contributed by atoms with van der Waals surface area (Å²) in [5, 5.41) is 13.1. The summed E-state index contributed by atoms with van der Waals surface area (Å²) in [5.41, 5.74) is 1.44. The standard InChI is InChI=1S/C24H27N7O2/c1-33-20-10-9-18(29-23(32)16-5-3-2-4-6-16)13-19(20)30-24-25-11-12-31(24)22-14-21(26-15-27-22)28-17-7-8-17/h2-5,9-17,24-25,30H,6-8H2,1H3,(H,29,32)(H,26,27,28). The zero-order valence-electron chi connectivity index (χ0n) is 18.4. The number of anilines is 4. The number of hydrogen-bond donors (Lipinski definition) is 4. The highest BCUT2D eigenvalue weighted by molar-refractivity contribution is 5.94. The molecule has 2 aliphatic carbocycles. The first-order valence-electron chi connectivity index (χ1n) is 11.1. The Labute approximate surface area is 192 Å². The van der Waals surface area contributed by atoms with Crippen LogP contribution in [0.5, 0.6) is 5.75 Å². The number of methoxy groups -OCH3 is 1. The molecule has 3 aliphatic rings. The molecule has 0 saturated heterocycles. The first kappa shape index (κ1) is 20.9. The number of hydrogen-bond acceptors (Lipinski definition) is 8. The second kappa shape index (κ2) is 9.23. The van der Waals surface area contributed by atoms with Crippen LogP contribution in [0.2, 0.25) is 0 Å². The minimum absolute atomic E-state index is 0.0364. The fraction of sp³-hybridized carbons (Fsp3) is 0.292. The number of carbonyl (C=O) groups excluding carboxylic acids is 1. The first-order chi connectivity index (χ1) is 16.2. The number of amides is 1. The van der Waals surface area contributed by atoms with E-state index in [0.717, 1.165) is 17.3 Å². The Kier molecular flexibility index (Phi) is 5.84. The van der Waals surface area contributed by atoms with Crippen LogP contribution in [0.3, 0.4) is 0 Å². The predicted octanol–water partition coefficient (Wildman–Crippen LogP) is 3.41. The molecule has 0 spiro atoms. The molecule has 9 nitrogen and oxygen atoms in total. The molecule has 1 aliphatic heterocycles. The fourth-order valence-electron chi connectivity index (χ4n) is 3.76. The summed E-state index contributed by atoms with van der Waals surface area (Å²) in [5.74, 6) is 2.04. The number of rotatable bonds is 8. The van der Waals surface area contributed by atoms with Crippen LogP contribution >= 0.6 is 0 Å². The fourth-order valence-corrected chi connectivity index (χ4v) is 3.76. The van der Waals surface area contributed by atoms with Gasteiger partial charge in [0.2, 0.25) is 5.91 Å². The van der Waals surface area contributed by atoms with Gasteiger partial charge in [0.15, 0.2) is 6.29 Å². The van der Waals surface area contributed by atoms with E-state index in [1.165, 1.54) is 12.8 Å². The van der Waals surface area contributed by atoms with Crippen LogP contribution in [0.25, 0.3) is 0 Å². The average molecular weight is 446 g/mol. The molecule has 2 atom stereocenters. The lowest BCUT2D eigenvalue weighted by Crippen LogP contribution is -2.42. The maximum atomic E-state index is 12.6. The van der Waals surface area contributed by atoms with Crippen LogP contribution in [0.1, 0.15) is 19.3 Å². The van der Waals surface area contributed by atoms with Gasteiger partial charge >= 0.3 is 0 Å². The monoisotopic (exact) mass is 445 g/mol. The molecular weight excluding hydrogens is 418 g/mol. The lowest BCUT2D eigenvalue weighted by Gasteiger charge is -2.27. The molecule has 170 valence electrons. The number of carbonyl (C=O) groups is 1. The van der Waals surface area contributed by atoms with E-state index in [1.54, 1.807) is 13.4 Å². The van der Waals surface area contributed by atoms with E-state index >= 15 is 0 Å². The van der Waals surface area contributed by atoms with Crippen LogP contribution in [-0.4, -0.2) is 35.3 Å². The van der Waals surface area contributed by atoms with Crippen molar-refractivity contribution >= 4 is 28.9 Å². The smallest absolute Gasteiger partial charge is 0.231 e. The van der Waals surface area contributed by atoms with Gasteiger partial charge in [-0.3, -0.25) is 9.69 Å². The van der Waals surface area contributed by atoms with E-state index in [-0.39, 0.29) is 18.1 Å². The third-order valence-electron chi connectivity index (χ3n) is 5.69. The Bertz CT molecular complexity index is 1110. The van der Waals surface area contributed by atoms with E-state index in [9.17, 15) is 4.79 Å². The van der Waals surface area contributed by atoms with Crippen molar-refractivity contribution in [2.75, 3.05) is 28.0 Å². The van der Waals surface area contributed by atoms with Gasteiger partial charge in [-0.15, -0.1) is 0 Å². The molecular formula is C24H27N7O2. The van der Waals surface area contributed by atoms with Crippen molar-refractivity contribution in [1.82, 2.24) is 15.3 Å². The molecule has 1 amide bonds. The van der Waals surface area contributed by atoms with Crippen LogP contribution in [0, 0.1) is 5.92 Å². The first-order valence-corrected chi connectivity index (χ1v) is 11.1. The van der Waals surface area contributed by atoms with Gasteiger partial charge in [-0.1, -0.05) is 24.3 Å². The highest BCUT2D eigenvalue weighted by atomic mass is 16.5. The minimum atomic E-state index is -0.292. The largest absolute Gasteiger partial charge is 0.495 e. The quantitative estimate of drug-likeness (QED) is 0.490. The van der Waals surface area contributed by atoms with Crippen molar-refractivity contribution in [1.29, 1.82) is 0 Å². The average Bonchev–Trinajstić information content (AvgIpc) is 3.54. The summed E-state index contributed by atoms with van der Waals surface area (Å²) >= 11 is 0. The van der Waals surface area contributed by atoms with Crippen molar-refractivity contribution in [2.45, 2.75) is 31.6 Å². The molecule has 1 saturated carbocycles. The molecule has 0 radical (unpaired) electrons. The molecule has 1 aromatic carbocycles. The molecule has 1 aromatic heterocycles. The second-order valence-corrected chi connectivity index (χ2v) is 8.18. The van der Waals surface area contributed by atoms with Crippen molar-refractivity contribution in [2.24, 2.45) is 5.92 Å². The highest BCUT2D eigenvalue weighted by Gasteiger charge is 2.25. The predicted molar refractivity (Wildman–Crippen MR) is 129 cm³/mol. The van der Waals surface area contributed by atoms with Gasteiger partial charge in [0, 0.05) is 30.2 Å². The van der Waals surface area contributed by atoms with Crippen molar-refractivity contribution in [3.8, 4) is 5.75 Å². The highest BCUT2D eigenvalue weighted by Crippen LogP contribution is 2.31. The topological polar surface area (TPSA) is 103 Å². The van der Waals surface area contributed by atoms with Crippen LogP contribution in [-0.2, 0) is 4.79 Å². The number of ether oxygens (including phenoxy) is 1. The lowest BCUT2D eigenvalue weighted by molar-refractivity contribution is -0.118. The molecule has 5 rings (SSSR count). The molecule has 9 heteroatoms. The maximum Gasteiger partial charge on any atom is 0.231 e. The van der Waals surface area contributed by atoms with Crippen molar-refractivity contribution in [3.63, 3.8) is 0 Å². The second-order valence-electron chi connectivity index (χ2n) is 8.18. The van der Waals surface area contributed by atoms with Crippen LogP contribution in [0.4, 0.5) is 23.0 Å². The van der Waals surface area contributed by atoms with E-state index in [4.69, 9.17) is 4.74 Å². The van der Waals surface area contributed by atoms with Crippen LogP contribution in [0.15, 0.2) is 67.3 Å². The van der Waals surface area contributed by atoms with Gasteiger partial charge in [-0.25, -0.2) is 9.97 Å². The Morgan fingerprint density at radius 3 is 2.88 bits per heavy atom. The Balaban J connectivity index is 1.31. The summed E-state index contributed by atoms with van der Waals surface area (Å²) in [6.07, 6.45) is 15.9. The van der Waals surface area contributed by atoms with Gasteiger partial charge in [0.1, 0.15) is 23.7 Å². The molecule has 2 unspecified atom stereocenters. The molecule has 33 heavy (non-hydrogen) atoms. The number of nitrogens with one attached hydrogen (secondary N) is 4.